The molecule has 0 bridgehead atoms. The van der Waals surface area contributed by atoms with E-state index < -0.39 is 0 Å². The van der Waals surface area contributed by atoms with Crippen LogP contribution in [0.25, 0.3) is 0 Å². The van der Waals surface area contributed by atoms with Crippen molar-refractivity contribution >= 4 is 34.2 Å². The number of carbonyl (C=O) groups is 1. The first kappa shape index (κ1) is 14.7. The van der Waals surface area contributed by atoms with E-state index in [9.17, 15) is 4.79 Å². The molecule has 2 aromatic rings. The molecule has 0 saturated heterocycles. The van der Waals surface area contributed by atoms with Gasteiger partial charge in [0.1, 0.15) is 0 Å². The monoisotopic (exact) mass is 353 g/mol. The normalized spacial score (nSPS) is 9.06. The molecule has 0 aliphatic carbocycles. The van der Waals surface area contributed by atoms with E-state index in [1.165, 1.54) is 0 Å². The van der Waals surface area contributed by atoms with Crippen LogP contribution >= 0.6 is 22.6 Å². The third-order valence-electron chi connectivity index (χ3n) is 2.42. The number of nitrogens with one attached hydrogen (secondary N) is 1. The Morgan fingerprint density at radius 1 is 0.944 bits per heavy atom. The lowest BCUT2D eigenvalue weighted by atomic mass is 10.1. The number of halogens is 1. The second kappa shape index (κ2) is 7.87. The van der Waals surface area contributed by atoms with Crippen molar-refractivity contribution in [1.29, 1.82) is 0 Å². The molecule has 2 rings (SSSR count). The Kier molecular flexibility index (Phi) is 6.43. The number of aryl methyl sites for hydroxylation is 1. The number of amides is 1. The molecule has 94 valence electrons. The topological polar surface area (TPSA) is 29.1 Å². The predicted octanol–water partition coefficient (Wildman–Crippen LogP) is 4.30. The Hall–Kier alpha value is -1.36. The van der Waals surface area contributed by atoms with Crippen LogP contribution in [-0.2, 0) is 0 Å². The molecular weight excluding hydrogens is 337 g/mol. The SMILES string of the molecule is CI.Cc1ccccc1C(=O)Nc1ccccc1. The lowest BCUT2D eigenvalue weighted by Gasteiger charge is -2.06. The van der Waals surface area contributed by atoms with Crippen molar-refractivity contribution in [3.8, 4) is 0 Å². The van der Waals surface area contributed by atoms with E-state index in [-0.39, 0.29) is 5.91 Å². The molecule has 0 heterocycles. The molecule has 0 unspecified atom stereocenters. The first-order valence-electron chi connectivity index (χ1n) is 5.57. The smallest absolute Gasteiger partial charge is 0.255 e. The summed E-state index contributed by atoms with van der Waals surface area (Å²) in [5, 5.41) is 2.86. The van der Waals surface area contributed by atoms with E-state index in [4.69, 9.17) is 0 Å². The second-order valence-electron chi connectivity index (χ2n) is 3.64. The van der Waals surface area contributed by atoms with Gasteiger partial charge in [0.2, 0.25) is 0 Å². The summed E-state index contributed by atoms with van der Waals surface area (Å²) in [6.07, 6.45) is 0. The molecule has 0 fully saturated rings. The number of hydrogen-bond donors (Lipinski definition) is 1. The first-order chi connectivity index (χ1) is 8.77. The van der Waals surface area contributed by atoms with Crippen molar-refractivity contribution in [2.45, 2.75) is 6.92 Å². The van der Waals surface area contributed by atoms with Crippen LogP contribution in [0.5, 0.6) is 0 Å². The summed E-state index contributed by atoms with van der Waals surface area (Å²) < 4.78 is 0. The molecule has 1 N–H and O–H groups in total. The van der Waals surface area contributed by atoms with Crippen LogP contribution in [0, 0.1) is 6.92 Å². The van der Waals surface area contributed by atoms with Gasteiger partial charge >= 0.3 is 0 Å². The summed E-state index contributed by atoms with van der Waals surface area (Å²) in [6.45, 7) is 1.93. The average Bonchev–Trinajstić information content (AvgIpc) is 2.42. The van der Waals surface area contributed by atoms with Crippen LogP contribution in [0.3, 0.4) is 0 Å². The van der Waals surface area contributed by atoms with E-state index in [0.29, 0.717) is 5.56 Å². The van der Waals surface area contributed by atoms with Gasteiger partial charge in [-0.1, -0.05) is 59.0 Å². The largest absolute Gasteiger partial charge is 0.322 e. The highest BCUT2D eigenvalue weighted by atomic mass is 127. The minimum Gasteiger partial charge on any atom is -0.322 e. The van der Waals surface area contributed by atoms with E-state index in [2.05, 4.69) is 27.9 Å². The predicted molar refractivity (Wildman–Crippen MR) is 85.5 cm³/mol. The molecule has 3 heteroatoms. The van der Waals surface area contributed by atoms with Crippen molar-refractivity contribution < 1.29 is 4.79 Å². The van der Waals surface area contributed by atoms with Gasteiger partial charge in [-0.15, -0.1) is 0 Å². The fraction of sp³-hybridized carbons (Fsp3) is 0.133. The lowest BCUT2D eigenvalue weighted by molar-refractivity contribution is 0.102. The van der Waals surface area contributed by atoms with Crippen LogP contribution in [0.2, 0.25) is 0 Å². The minimum atomic E-state index is -0.0655. The van der Waals surface area contributed by atoms with Crippen molar-refractivity contribution in [2.24, 2.45) is 0 Å². The van der Waals surface area contributed by atoms with Gasteiger partial charge in [-0.05, 0) is 35.6 Å². The Labute approximate surface area is 122 Å². The Morgan fingerprint density at radius 3 is 2.11 bits per heavy atom. The average molecular weight is 353 g/mol. The van der Waals surface area contributed by atoms with Crippen LogP contribution in [0.15, 0.2) is 54.6 Å². The Bertz CT molecular complexity index is 497. The third kappa shape index (κ3) is 4.14. The van der Waals surface area contributed by atoms with Gasteiger partial charge in [-0.25, -0.2) is 0 Å². The molecule has 0 spiro atoms. The van der Waals surface area contributed by atoms with E-state index in [1.807, 2.05) is 66.5 Å². The third-order valence-corrected chi connectivity index (χ3v) is 2.42. The van der Waals surface area contributed by atoms with Gasteiger partial charge in [0, 0.05) is 11.3 Å². The highest BCUT2D eigenvalue weighted by Crippen LogP contribution is 2.11. The van der Waals surface area contributed by atoms with Crippen LogP contribution in [-0.4, -0.2) is 10.8 Å². The molecule has 2 nitrogen and oxygen atoms in total. The van der Waals surface area contributed by atoms with Gasteiger partial charge in [0.05, 0.1) is 0 Å². The quantitative estimate of drug-likeness (QED) is 0.633. The number of rotatable bonds is 2. The highest BCUT2D eigenvalue weighted by molar-refractivity contribution is 14.1. The number of benzene rings is 2. The summed E-state index contributed by atoms with van der Waals surface area (Å²) in [4.78, 5) is 13.9. The molecule has 0 aliphatic rings. The van der Waals surface area contributed by atoms with Gasteiger partial charge in [0.25, 0.3) is 5.91 Å². The fourth-order valence-electron chi connectivity index (χ4n) is 1.55. The van der Waals surface area contributed by atoms with Gasteiger partial charge < -0.3 is 5.32 Å². The molecule has 1 amide bonds. The van der Waals surface area contributed by atoms with E-state index in [0.717, 1.165) is 11.3 Å². The zero-order valence-corrected chi connectivity index (χ0v) is 12.6. The number of carbonyl (C=O) groups excluding carboxylic acids is 1. The summed E-state index contributed by atoms with van der Waals surface area (Å²) in [7, 11) is 0. The summed E-state index contributed by atoms with van der Waals surface area (Å²) in [5.41, 5.74) is 2.51. The van der Waals surface area contributed by atoms with Gasteiger partial charge in [-0.2, -0.15) is 0 Å². The zero-order valence-electron chi connectivity index (χ0n) is 10.5. The molecule has 0 atom stereocenters. The second-order valence-corrected chi connectivity index (χ2v) is 3.64. The van der Waals surface area contributed by atoms with E-state index in [1.54, 1.807) is 0 Å². The first-order valence-corrected chi connectivity index (χ1v) is 7.73. The highest BCUT2D eigenvalue weighted by Gasteiger charge is 2.07. The molecule has 2 aromatic carbocycles. The van der Waals surface area contributed by atoms with Crippen LogP contribution in [0.1, 0.15) is 15.9 Å². The summed E-state index contributed by atoms with van der Waals surface area (Å²) >= 11 is 2.15. The van der Waals surface area contributed by atoms with Gasteiger partial charge in [0.15, 0.2) is 0 Å². The maximum absolute atomic E-state index is 11.9. The Balaban J connectivity index is 0.000000771. The molecular formula is C15H16INO. The number of hydrogen-bond acceptors (Lipinski definition) is 1. The summed E-state index contributed by atoms with van der Waals surface area (Å²) in [6, 6.07) is 17.0. The molecule has 0 radical (unpaired) electrons. The standard InChI is InChI=1S/C14H13NO.CH3I/c1-11-7-5-6-10-13(11)14(16)15-12-8-3-2-4-9-12;1-2/h2-10H,1H3,(H,15,16);1H3. The lowest BCUT2D eigenvalue weighted by Crippen LogP contribution is -2.12. The van der Waals surface area contributed by atoms with Crippen molar-refractivity contribution in [1.82, 2.24) is 0 Å². The summed E-state index contributed by atoms with van der Waals surface area (Å²) in [5.74, 6) is -0.0655. The number of anilines is 1. The van der Waals surface area contributed by atoms with Crippen LogP contribution < -0.4 is 5.32 Å². The molecule has 0 aromatic heterocycles. The maximum atomic E-state index is 11.9. The number of alkyl halides is 1. The van der Waals surface area contributed by atoms with Crippen LogP contribution in [0.4, 0.5) is 5.69 Å². The van der Waals surface area contributed by atoms with Crippen molar-refractivity contribution in [3.63, 3.8) is 0 Å². The van der Waals surface area contributed by atoms with E-state index >= 15 is 0 Å². The molecule has 0 saturated carbocycles. The fourth-order valence-corrected chi connectivity index (χ4v) is 1.55. The minimum absolute atomic E-state index is 0.0655. The van der Waals surface area contributed by atoms with Crippen molar-refractivity contribution in [2.75, 3.05) is 10.2 Å². The number of para-hydroxylation sites is 1. The van der Waals surface area contributed by atoms with Crippen molar-refractivity contribution in [3.05, 3.63) is 65.7 Å². The zero-order chi connectivity index (χ0) is 13.4. The molecule has 0 aliphatic heterocycles. The van der Waals surface area contributed by atoms with Gasteiger partial charge in [-0.3, -0.25) is 4.79 Å². The maximum Gasteiger partial charge on any atom is 0.255 e. The Morgan fingerprint density at radius 2 is 1.50 bits per heavy atom. The molecule has 18 heavy (non-hydrogen) atoms.